The zero-order valence-electron chi connectivity index (χ0n) is 11.8. The lowest BCUT2D eigenvalue weighted by molar-refractivity contribution is 0.0596. The van der Waals surface area contributed by atoms with Crippen molar-refractivity contribution in [3.05, 3.63) is 29.3 Å². The molecular formula is C13H19NO4S. The molecule has 0 unspecified atom stereocenters. The zero-order valence-corrected chi connectivity index (χ0v) is 12.6. The van der Waals surface area contributed by atoms with Crippen LogP contribution in [0.4, 0.5) is 0 Å². The van der Waals surface area contributed by atoms with Crippen LogP contribution >= 0.6 is 0 Å². The lowest BCUT2D eigenvalue weighted by atomic mass is 10.1. The number of carbonyl (C=O) groups is 1. The van der Waals surface area contributed by atoms with Crippen molar-refractivity contribution in [2.75, 3.05) is 7.11 Å². The van der Waals surface area contributed by atoms with Gasteiger partial charge in [0.2, 0.25) is 10.0 Å². The number of rotatable bonds is 3. The summed E-state index contributed by atoms with van der Waals surface area (Å²) in [7, 11) is -2.55. The van der Waals surface area contributed by atoms with E-state index in [0.29, 0.717) is 0 Å². The second-order valence-corrected chi connectivity index (χ2v) is 7.00. The third kappa shape index (κ3) is 4.04. The molecule has 106 valence electrons. The van der Waals surface area contributed by atoms with Gasteiger partial charge in [0, 0.05) is 5.54 Å². The predicted molar refractivity (Wildman–Crippen MR) is 72.6 cm³/mol. The Labute approximate surface area is 114 Å². The van der Waals surface area contributed by atoms with Crippen LogP contribution < -0.4 is 4.72 Å². The number of nitrogens with one attached hydrogen (secondary N) is 1. The van der Waals surface area contributed by atoms with E-state index in [-0.39, 0.29) is 10.5 Å². The first-order valence-electron chi connectivity index (χ1n) is 5.80. The minimum absolute atomic E-state index is 0.0410. The van der Waals surface area contributed by atoms with Crippen LogP contribution in [0.3, 0.4) is 0 Å². The van der Waals surface area contributed by atoms with Crippen LogP contribution in [0, 0.1) is 6.92 Å². The van der Waals surface area contributed by atoms with E-state index in [2.05, 4.69) is 9.46 Å². The summed E-state index contributed by atoms with van der Waals surface area (Å²) in [6.45, 7) is 6.98. The Bertz CT molecular complexity index is 585. The minimum atomic E-state index is -3.77. The average Bonchev–Trinajstić information content (AvgIpc) is 2.24. The number of benzene rings is 1. The van der Waals surface area contributed by atoms with Gasteiger partial charge in [-0.1, -0.05) is 11.6 Å². The van der Waals surface area contributed by atoms with Crippen molar-refractivity contribution in [1.29, 1.82) is 0 Å². The highest BCUT2D eigenvalue weighted by Gasteiger charge is 2.27. The number of hydrogen-bond donors (Lipinski definition) is 1. The van der Waals surface area contributed by atoms with E-state index < -0.39 is 21.5 Å². The molecule has 1 rings (SSSR count). The molecule has 19 heavy (non-hydrogen) atoms. The summed E-state index contributed by atoms with van der Waals surface area (Å²) in [4.78, 5) is 11.6. The van der Waals surface area contributed by atoms with E-state index in [1.807, 2.05) is 0 Å². The predicted octanol–water partition coefficient (Wildman–Crippen LogP) is 1.86. The van der Waals surface area contributed by atoms with E-state index in [1.165, 1.54) is 19.2 Å². The average molecular weight is 285 g/mol. The van der Waals surface area contributed by atoms with E-state index in [9.17, 15) is 13.2 Å². The van der Waals surface area contributed by atoms with Crippen molar-refractivity contribution >= 4 is 16.0 Å². The molecule has 6 heteroatoms. The third-order valence-electron chi connectivity index (χ3n) is 2.27. The molecule has 5 nitrogen and oxygen atoms in total. The highest BCUT2D eigenvalue weighted by atomic mass is 32.2. The summed E-state index contributed by atoms with van der Waals surface area (Å²) in [5, 5.41) is 0. The summed E-state index contributed by atoms with van der Waals surface area (Å²) in [5.74, 6) is -0.669. The highest BCUT2D eigenvalue weighted by Crippen LogP contribution is 2.20. The number of carbonyl (C=O) groups excluding carboxylic acids is 1. The molecule has 0 aliphatic rings. The lowest BCUT2D eigenvalue weighted by Crippen LogP contribution is -2.41. The molecule has 0 heterocycles. The summed E-state index contributed by atoms with van der Waals surface area (Å²) in [6.07, 6.45) is 0. The van der Waals surface area contributed by atoms with Crippen molar-refractivity contribution < 1.29 is 17.9 Å². The summed E-state index contributed by atoms with van der Waals surface area (Å²) < 4.78 is 31.7. The Balaban J connectivity index is 3.38. The van der Waals surface area contributed by atoms with Gasteiger partial charge in [-0.2, -0.15) is 0 Å². The van der Waals surface area contributed by atoms with Gasteiger partial charge in [-0.25, -0.2) is 17.9 Å². The fraction of sp³-hybridized carbons (Fsp3) is 0.462. The second-order valence-electron chi connectivity index (χ2n) is 5.35. The molecule has 0 radical (unpaired) electrons. The minimum Gasteiger partial charge on any atom is -0.465 e. The van der Waals surface area contributed by atoms with E-state index in [4.69, 9.17) is 0 Å². The monoisotopic (exact) mass is 285 g/mol. The van der Waals surface area contributed by atoms with Crippen LogP contribution in [0.2, 0.25) is 0 Å². The quantitative estimate of drug-likeness (QED) is 0.860. The van der Waals surface area contributed by atoms with Crippen molar-refractivity contribution in [1.82, 2.24) is 4.72 Å². The van der Waals surface area contributed by atoms with Gasteiger partial charge in [0.25, 0.3) is 0 Å². The number of sulfonamides is 1. The Morgan fingerprint density at radius 2 is 1.84 bits per heavy atom. The highest BCUT2D eigenvalue weighted by molar-refractivity contribution is 7.89. The Hall–Kier alpha value is -1.40. The first-order chi connectivity index (χ1) is 8.57. The van der Waals surface area contributed by atoms with Gasteiger partial charge in [0.05, 0.1) is 17.6 Å². The zero-order chi connectivity index (χ0) is 14.8. The summed E-state index contributed by atoms with van der Waals surface area (Å²) in [6, 6.07) is 4.56. The van der Waals surface area contributed by atoms with Crippen LogP contribution in [0.25, 0.3) is 0 Å². The van der Waals surface area contributed by atoms with Crippen molar-refractivity contribution in [3.63, 3.8) is 0 Å². The smallest absolute Gasteiger partial charge is 0.339 e. The fourth-order valence-corrected chi connectivity index (χ4v) is 3.20. The molecule has 0 saturated heterocycles. The maximum atomic E-state index is 12.3. The number of ether oxygens (including phenoxy) is 1. The first kappa shape index (κ1) is 15.7. The Kier molecular flexibility index (Phi) is 4.37. The number of aryl methyl sites for hydroxylation is 1. The molecule has 1 N–H and O–H groups in total. The molecule has 0 atom stereocenters. The lowest BCUT2D eigenvalue weighted by Gasteiger charge is -2.21. The van der Waals surface area contributed by atoms with Crippen LogP contribution in [-0.2, 0) is 14.8 Å². The molecule has 0 amide bonds. The molecule has 0 fully saturated rings. The molecule has 0 aromatic heterocycles. The van der Waals surface area contributed by atoms with E-state index >= 15 is 0 Å². The van der Waals surface area contributed by atoms with Crippen molar-refractivity contribution in [2.45, 2.75) is 38.1 Å². The molecule has 0 bridgehead atoms. The van der Waals surface area contributed by atoms with Crippen molar-refractivity contribution in [3.8, 4) is 0 Å². The number of esters is 1. The number of hydrogen-bond acceptors (Lipinski definition) is 4. The molecule has 0 spiro atoms. The molecular weight excluding hydrogens is 266 g/mol. The number of methoxy groups -OCH3 is 1. The van der Waals surface area contributed by atoms with Crippen LogP contribution in [-0.4, -0.2) is 27.0 Å². The maximum absolute atomic E-state index is 12.3. The van der Waals surface area contributed by atoms with E-state index in [1.54, 1.807) is 33.8 Å². The van der Waals surface area contributed by atoms with Crippen molar-refractivity contribution in [2.24, 2.45) is 0 Å². The first-order valence-corrected chi connectivity index (χ1v) is 7.28. The topological polar surface area (TPSA) is 72.5 Å². The summed E-state index contributed by atoms with van der Waals surface area (Å²) >= 11 is 0. The van der Waals surface area contributed by atoms with E-state index in [0.717, 1.165) is 5.56 Å². The molecule has 0 aliphatic carbocycles. The third-order valence-corrected chi connectivity index (χ3v) is 4.09. The van der Waals surface area contributed by atoms with Gasteiger partial charge in [0.15, 0.2) is 0 Å². The molecule has 1 aromatic rings. The largest absolute Gasteiger partial charge is 0.465 e. The SMILES string of the molecule is COC(=O)c1cc(C)ccc1S(=O)(=O)NC(C)(C)C. The van der Waals surface area contributed by atoms with Gasteiger partial charge >= 0.3 is 5.97 Å². The second kappa shape index (κ2) is 5.30. The van der Waals surface area contributed by atoms with Gasteiger partial charge in [-0.3, -0.25) is 0 Å². The standard InChI is InChI=1S/C13H19NO4S/c1-9-6-7-11(10(8-9)12(15)18-5)19(16,17)14-13(2,3)4/h6-8,14H,1-5H3. The fourth-order valence-electron chi connectivity index (χ4n) is 1.61. The van der Waals surface area contributed by atoms with Gasteiger partial charge in [-0.05, 0) is 39.8 Å². The molecule has 1 aromatic carbocycles. The normalized spacial score (nSPS) is 12.3. The van der Waals surface area contributed by atoms with Gasteiger partial charge in [0.1, 0.15) is 0 Å². The van der Waals surface area contributed by atoms with Gasteiger partial charge in [-0.15, -0.1) is 0 Å². The molecule has 0 saturated carbocycles. The molecule has 0 aliphatic heterocycles. The Morgan fingerprint density at radius 1 is 1.26 bits per heavy atom. The van der Waals surface area contributed by atoms with Crippen LogP contribution in [0.1, 0.15) is 36.7 Å². The summed E-state index contributed by atoms with van der Waals surface area (Å²) in [5.41, 5.74) is 0.200. The van der Waals surface area contributed by atoms with Crippen LogP contribution in [0.5, 0.6) is 0 Å². The maximum Gasteiger partial charge on any atom is 0.339 e. The van der Waals surface area contributed by atoms with Crippen LogP contribution in [0.15, 0.2) is 23.1 Å². The van der Waals surface area contributed by atoms with Gasteiger partial charge < -0.3 is 4.74 Å². The Morgan fingerprint density at radius 3 is 2.32 bits per heavy atom.